The van der Waals surface area contributed by atoms with E-state index < -0.39 is 0 Å². The second-order valence-corrected chi connectivity index (χ2v) is 7.15. The van der Waals surface area contributed by atoms with E-state index in [4.69, 9.17) is 4.74 Å². The van der Waals surface area contributed by atoms with Gasteiger partial charge in [0.1, 0.15) is 11.6 Å². The summed E-state index contributed by atoms with van der Waals surface area (Å²) in [6.45, 7) is 8.08. The zero-order valence-electron chi connectivity index (χ0n) is 16.5. The molecule has 0 aliphatic carbocycles. The molecule has 2 fully saturated rings. The van der Waals surface area contributed by atoms with Gasteiger partial charge in [0.25, 0.3) is 5.91 Å². The standard InChI is InChI=1S/C20H27N7O2/c28-20(27-11-9-26(10-12-27)19-3-1-2-6-22-19)17-4-5-18(24-23-17)21-7-8-25-13-15-29-16-14-25/h1-6H,7-16H2,(H,21,24). The fourth-order valence-electron chi connectivity index (χ4n) is 3.55. The molecule has 0 unspecified atom stereocenters. The Morgan fingerprint density at radius 1 is 1.00 bits per heavy atom. The number of carbonyl (C=O) groups is 1. The topological polar surface area (TPSA) is 86.7 Å². The van der Waals surface area contributed by atoms with Crippen LogP contribution < -0.4 is 10.2 Å². The van der Waals surface area contributed by atoms with Crippen LogP contribution in [0.1, 0.15) is 10.5 Å². The molecule has 2 aliphatic rings. The Morgan fingerprint density at radius 2 is 1.83 bits per heavy atom. The molecule has 4 heterocycles. The maximum absolute atomic E-state index is 12.7. The Balaban J connectivity index is 1.24. The van der Waals surface area contributed by atoms with Gasteiger partial charge in [-0.3, -0.25) is 9.69 Å². The molecule has 2 saturated heterocycles. The third-order valence-corrected chi connectivity index (χ3v) is 5.26. The van der Waals surface area contributed by atoms with Crippen molar-refractivity contribution in [2.75, 3.05) is 75.8 Å². The summed E-state index contributed by atoms with van der Waals surface area (Å²) in [4.78, 5) is 23.5. The summed E-state index contributed by atoms with van der Waals surface area (Å²) >= 11 is 0. The van der Waals surface area contributed by atoms with E-state index in [9.17, 15) is 4.79 Å². The van der Waals surface area contributed by atoms with Crippen molar-refractivity contribution in [3.05, 3.63) is 42.2 Å². The molecule has 4 rings (SSSR count). The molecule has 2 aliphatic heterocycles. The maximum Gasteiger partial charge on any atom is 0.274 e. The first-order valence-electron chi connectivity index (χ1n) is 10.1. The average Bonchev–Trinajstić information content (AvgIpc) is 2.80. The smallest absolute Gasteiger partial charge is 0.274 e. The first-order chi connectivity index (χ1) is 14.3. The van der Waals surface area contributed by atoms with E-state index in [1.54, 1.807) is 12.3 Å². The van der Waals surface area contributed by atoms with Gasteiger partial charge in [-0.2, -0.15) is 0 Å². The molecule has 1 N–H and O–H groups in total. The minimum absolute atomic E-state index is 0.0713. The van der Waals surface area contributed by atoms with Crippen LogP contribution in [0.25, 0.3) is 0 Å². The van der Waals surface area contributed by atoms with E-state index in [1.165, 1.54) is 0 Å². The van der Waals surface area contributed by atoms with Gasteiger partial charge in [-0.05, 0) is 24.3 Å². The number of nitrogens with one attached hydrogen (secondary N) is 1. The Hall–Kier alpha value is -2.78. The number of morpholine rings is 1. The molecule has 0 aromatic carbocycles. The van der Waals surface area contributed by atoms with Crippen LogP contribution in [0.3, 0.4) is 0 Å². The van der Waals surface area contributed by atoms with E-state index in [0.717, 1.165) is 58.3 Å². The van der Waals surface area contributed by atoms with Crippen LogP contribution in [0.5, 0.6) is 0 Å². The Labute approximate surface area is 170 Å². The molecule has 1 amide bonds. The van der Waals surface area contributed by atoms with E-state index in [1.807, 2.05) is 29.2 Å². The van der Waals surface area contributed by atoms with Gasteiger partial charge >= 0.3 is 0 Å². The normalized spacial score (nSPS) is 17.9. The average molecular weight is 397 g/mol. The molecular formula is C20H27N7O2. The van der Waals surface area contributed by atoms with Gasteiger partial charge < -0.3 is 19.9 Å². The van der Waals surface area contributed by atoms with Crippen LogP contribution in [0.15, 0.2) is 36.5 Å². The summed E-state index contributed by atoms with van der Waals surface area (Å²) in [6.07, 6.45) is 1.79. The molecule has 0 saturated carbocycles. The molecule has 0 radical (unpaired) electrons. The molecule has 9 heteroatoms. The lowest BCUT2D eigenvalue weighted by Crippen LogP contribution is -2.49. The fraction of sp³-hybridized carbons (Fsp3) is 0.500. The summed E-state index contributed by atoms with van der Waals surface area (Å²) in [7, 11) is 0. The van der Waals surface area contributed by atoms with E-state index in [-0.39, 0.29) is 5.91 Å². The highest BCUT2D eigenvalue weighted by Crippen LogP contribution is 2.14. The number of hydrogen-bond donors (Lipinski definition) is 1. The lowest BCUT2D eigenvalue weighted by atomic mass is 10.2. The number of anilines is 2. The van der Waals surface area contributed by atoms with Crippen LogP contribution >= 0.6 is 0 Å². The van der Waals surface area contributed by atoms with Crippen molar-refractivity contribution in [1.82, 2.24) is 25.0 Å². The van der Waals surface area contributed by atoms with Crippen molar-refractivity contribution in [2.45, 2.75) is 0 Å². The minimum atomic E-state index is -0.0713. The largest absolute Gasteiger partial charge is 0.379 e. The molecule has 9 nitrogen and oxygen atoms in total. The van der Waals surface area contributed by atoms with Crippen molar-refractivity contribution in [3.63, 3.8) is 0 Å². The number of hydrogen-bond acceptors (Lipinski definition) is 8. The number of pyridine rings is 1. The quantitative estimate of drug-likeness (QED) is 0.758. The van der Waals surface area contributed by atoms with E-state index in [0.29, 0.717) is 24.6 Å². The van der Waals surface area contributed by atoms with Gasteiger partial charge in [-0.25, -0.2) is 4.98 Å². The number of ether oxygens (including phenoxy) is 1. The molecule has 0 bridgehead atoms. The molecule has 29 heavy (non-hydrogen) atoms. The number of piperazine rings is 1. The number of nitrogens with zero attached hydrogens (tertiary/aromatic N) is 6. The van der Waals surface area contributed by atoms with Crippen molar-refractivity contribution in [3.8, 4) is 0 Å². The number of carbonyl (C=O) groups excluding carboxylic acids is 1. The number of rotatable bonds is 6. The van der Waals surface area contributed by atoms with Crippen LogP contribution in [0.2, 0.25) is 0 Å². The Morgan fingerprint density at radius 3 is 2.52 bits per heavy atom. The zero-order chi connectivity index (χ0) is 19.9. The molecule has 154 valence electrons. The molecule has 2 aromatic rings. The van der Waals surface area contributed by atoms with E-state index >= 15 is 0 Å². The summed E-state index contributed by atoms with van der Waals surface area (Å²) in [6, 6.07) is 9.45. The van der Waals surface area contributed by atoms with Crippen LogP contribution in [0.4, 0.5) is 11.6 Å². The zero-order valence-corrected chi connectivity index (χ0v) is 16.5. The lowest BCUT2D eigenvalue weighted by Gasteiger charge is -2.35. The number of aromatic nitrogens is 3. The summed E-state index contributed by atoms with van der Waals surface area (Å²) in [5.41, 5.74) is 0.384. The first kappa shape index (κ1) is 19.5. The van der Waals surface area contributed by atoms with Crippen LogP contribution in [-0.2, 0) is 4.74 Å². The second kappa shape index (κ2) is 9.62. The predicted molar refractivity (Wildman–Crippen MR) is 110 cm³/mol. The van der Waals surface area contributed by atoms with Crippen molar-refractivity contribution in [2.24, 2.45) is 0 Å². The Kier molecular flexibility index (Phi) is 6.48. The SMILES string of the molecule is O=C(c1ccc(NCCN2CCOCC2)nn1)N1CCN(c2ccccn2)CC1. The van der Waals surface area contributed by atoms with Crippen LogP contribution in [0, 0.1) is 0 Å². The summed E-state index contributed by atoms with van der Waals surface area (Å²) in [5.74, 6) is 1.57. The lowest BCUT2D eigenvalue weighted by molar-refractivity contribution is 0.0398. The second-order valence-electron chi connectivity index (χ2n) is 7.15. The van der Waals surface area contributed by atoms with Gasteiger partial charge in [0.05, 0.1) is 13.2 Å². The van der Waals surface area contributed by atoms with Gasteiger partial charge in [-0.15, -0.1) is 10.2 Å². The molecule has 2 aromatic heterocycles. The van der Waals surface area contributed by atoms with Crippen molar-refractivity contribution in [1.29, 1.82) is 0 Å². The third-order valence-electron chi connectivity index (χ3n) is 5.26. The van der Waals surface area contributed by atoms with Gasteiger partial charge in [-0.1, -0.05) is 6.07 Å². The summed E-state index contributed by atoms with van der Waals surface area (Å²) in [5, 5.41) is 11.6. The molecule has 0 atom stereocenters. The fourth-order valence-corrected chi connectivity index (χ4v) is 3.55. The number of amides is 1. The monoisotopic (exact) mass is 397 g/mol. The van der Waals surface area contributed by atoms with Crippen LogP contribution in [-0.4, -0.2) is 96.5 Å². The Bertz CT molecular complexity index is 773. The van der Waals surface area contributed by atoms with E-state index in [2.05, 4.69) is 30.3 Å². The highest BCUT2D eigenvalue weighted by Gasteiger charge is 2.23. The maximum atomic E-state index is 12.7. The summed E-state index contributed by atoms with van der Waals surface area (Å²) < 4.78 is 5.35. The third kappa shape index (κ3) is 5.18. The minimum Gasteiger partial charge on any atom is -0.379 e. The molecular weight excluding hydrogens is 370 g/mol. The van der Waals surface area contributed by atoms with Crippen molar-refractivity contribution < 1.29 is 9.53 Å². The van der Waals surface area contributed by atoms with Gasteiger partial charge in [0.2, 0.25) is 0 Å². The van der Waals surface area contributed by atoms with Gasteiger partial charge in [0, 0.05) is 58.6 Å². The predicted octanol–water partition coefficient (Wildman–Crippen LogP) is 0.578. The van der Waals surface area contributed by atoms with Crippen molar-refractivity contribution >= 4 is 17.5 Å². The van der Waals surface area contributed by atoms with Gasteiger partial charge in [0.15, 0.2) is 5.69 Å². The highest BCUT2D eigenvalue weighted by molar-refractivity contribution is 5.92. The highest BCUT2D eigenvalue weighted by atomic mass is 16.5. The first-order valence-corrected chi connectivity index (χ1v) is 10.1. The molecule has 0 spiro atoms.